The highest BCUT2D eigenvalue weighted by atomic mass is 32.3. The van der Waals surface area contributed by atoms with Gasteiger partial charge in [0, 0.05) is 6.92 Å². The molecular weight excluding hydrogens is 410 g/mol. The predicted molar refractivity (Wildman–Crippen MR) is 71.5 cm³/mol. The van der Waals surface area contributed by atoms with E-state index in [9.17, 15) is 43.2 Å². The van der Waals surface area contributed by atoms with Crippen LogP contribution in [-0.4, -0.2) is 27.9 Å². The SMILES string of the molecule is C#C[n+]1csc(C)c1C.O=S(=O)([N-]S(=O)(=O)C(F)(F)F)C(F)(F)F. The zero-order chi connectivity index (χ0) is 19.6. The number of halogens is 6. The summed E-state index contributed by atoms with van der Waals surface area (Å²) in [6, 6.07) is 2.54. The van der Waals surface area contributed by atoms with Gasteiger partial charge in [0.15, 0.2) is 20.0 Å². The first-order chi connectivity index (χ1) is 10.5. The van der Waals surface area contributed by atoms with Gasteiger partial charge in [0.05, 0.1) is 4.88 Å². The summed E-state index contributed by atoms with van der Waals surface area (Å²) >= 11 is 1.68. The van der Waals surface area contributed by atoms with Crippen LogP contribution in [-0.2, 0) is 20.0 Å². The summed E-state index contributed by atoms with van der Waals surface area (Å²) in [4.78, 5) is 1.29. The Labute approximate surface area is 137 Å². The van der Waals surface area contributed by atoms with Crippen molar-refractivity contribution in [2.24, 2.45) is 0 Å². The number of aromatic nitrogens is 1. The second-order valence-corrected chi connectivity index (χ2v) is 8.26. The number of hydrogen-bond acceptors (Lipinski definition) is 5. The molecule has 1 rings (SSSR count). The molecule has 15 heteroatoms. The molecule has 0 saturated carbocycles. The standard InChI is InChI=1S/C7H8NS.C2F6NO4S2/c1-4-8-5-9-7(3)6(8)2;3-1(4,5)14(10,11)9-15(12,13)2(6,7)8/h1,5H,2-3H3;/q+1;-1. The molecule has 0 unspecified atom stereocenters. The molecule has 6 nitrogen and oxygen atoms in total. The fourth-order valence-corrected chi connectivity index (χ4v) is 3.27. The molecule has 0 N–H and O–H groups in total. The van der Waals surface area contributed by atoms with Crippen LogP contribution in [0.3, 0.4) is 0 Å². The van der Waals surface area contributed by atoms with Gasteiger partial charge in [-0.05, 0) is 13.3 Å². The van der Waals surface area contributed by atoms with E-state index in [0.717, 1.165) is 4.13 Å². The van der Waals surface area contributed by atoms with Crippen LogP contribution >= 0.6 is 11.3 Å². The third-order valence-corrected chi connectivity index (χ3v) is 5.83. The highest BCUT2D eigenvalue weighted by Crippen LogP contribution is 2.36. The number of rotatable bonds is 2. The zero-order valence-corrected chi connectivity index (χ0v) is 14.1. The largest absolute Gasteiger partial charge is 0.480 e. The van der Waals surface area contributed by atoms with Crippen molar-refractivity contribution in [2.45, 2.75) is 24.9 Å². The topological polar surface area (TPSA) is 86.3 Å². The van der Waals surface area contributed by atoms with Crippen molar-refractivity contribution in [3.8, 4) is 12.5 Å². The summed E-state index contributed by atoms with van der Waals surface area (Å²) in [5.74, 6) is 0. The lowest BCUT2D eigenvalue weighted by atomic mass is 10.4. The van der Waals surface area contributed by atoms with E-state index < -0.39 is 31.1 Å². The average Bonchev–Trinajstić information content (AvgIpc) is 2.66. The summed E-state index contributed by atoms with van der Waals surface area (Å²) in [7, 11) is -13.4. The second kappa shape index (κ2) is 7.25. The Hall–Kier alpha value is -1.37. The fourth-order valence-electron chi connectivity index (χ4n) is 0.807. The molecule has 0 spiro atoms. The summed E-state index contributed by atoms with van der Waals surface area (Å²) in [5, 5.41) is 0. The monoisotopic (exact) mass is 418 g/mol. The zero-order valence-electron chi connectivity index (χ0n) is 11.7. The van der Waals surface area contributed by atoms with Crippen LogP contribution in [0, 0.1) is 26.3 Å². The van der Waals surface area contributed by atoms with Gasteiger partial charge in [-0.3, -0.25) is 0 Å². The van der Waals surface area contributed by atoms with Gasteiger partial charge in [0.1, 0.15) is 0 Å². The van der Waals surface area contributed by atoms with Gasteiger partial charge in [-0.25, -0.2) is 16.8 Å². The van der Waals surface area contributed by atoms with E-state index in [0.29, 0.717) is 0 Å². The molecule has 1 aromatic heterocycles. The molecule has 0 fully saturated rings. The molecule has 0 aliphatic rings. The van der Waals surface area contributed by atoms with Gasteiger partial charge in [-0.15, -0.1) is 4.57 Å². The van der Waals surface area contributed by atoms with Gasteiger partial charge in [-0.1, -0.05) is 11.3 Å². The summed E-state index contributed by atoms with van der Waals surface area (Å²) in [5.41, 5.74) is -9.30. The van der Waals surface area contributed by atoms with E-state index >= 15 is 0 Å². The quantitative estimate of drug-likeness (QED) is 0.419. The van der Waals surface area contributed by atoms with Gasteiger partial charge < -0.3 is 4.13 Å². The molecule has 0 bridgehead atoms. The molecule has 0 aromatic carbocycles. The minimum Gasteiger partial charge on any atom is -0.421 e. The highest BCUT2D eigenvalue weighted by Gasteiger charge is 2.46. The molecule has 1 aromatic rings. The van der Waals surface area contributed by atoms with Crippen molar-refractivity contribution < 1.29 is 47.7 Å². The third-order valence-electron chi connectivity index (χ3n) is 2.13. The first-order valence-electron chi connectivity index (χ1n) is 5.26. The number of aryl methyl sites for hydroxylation is 1. The van der Waals surface area contributed by atoms with E-state index in [4.69, 9.17) is 6.42 Å². The minimum absolute atomic E-state index is 0.778. The first kappa shape index (κ1) is 22.6. The summed E-state index contributed by atoms with van der Waals surface area (Å²) in [6.07, 6.45) is 5.18. The maximum absolute atomic E-state index is 11.4. The molecule has 0 aliphatic heterocycles. The number of thiazole rings is 1. The minimum atomic E-state index is -6.72. The predicted octanol–water partition coefficient (Wildman–Crippen LogP) is 2.15. The van der Waals surface area contributed by atoms with Crippen molar-refractivity contribution in [1.82, 2.24) is 0 Å². The Kier molecular flexibility index (Phi) is 6.84. The van der Waals surface area contributed by atoms with Crippen LogP contribution in [0.25, 0.3) is 4.13 Å². The van der Waals surface area contributed by atoms with E-state index in [1.165, 1.54) is 10.6 Å². The summed E-state index contributed by atoms with van der Waals surface area (Å²) < 4.78 is 111. The van der Waals surface area contributed by atoms with Crippen molar-refractivity contribution in [3.05, 3.63) is 20.2 Å². The Morgan fingerprint density at radius 1 is 1.04 bits per heavy atom. The van der Waals surface area contributed by atoms with Crippen LogP contribution < -0.4 is 4.57 Å². The van der Waals surface area contributed by atoms with Gasteiger partial charge in [-0.2, -0.15) is 26.3 Å². The van der Waals surface area contributed by atoms with Crippen LogP contribution in [0.15, 0.2) is 5.51 Å². The molecule has 24 heavy (non-hydrogen) atoms. The van der Waals surface area contributed by atoms with Gasteiger partial charge in [0.25, 0.3) is 0 Å². The molecule has 0 aliphatic carbocycles. The van der Waals surface area contributed by atoms with Gasteiger partial charge >= 0.3 is 11.0 Å². The van der Waals surface area contributed by atoms with Crippen molar-refractivity contribution in [3.63, 3.8) is 0 Å². The van der Waals surface area contributed by atoms with E-state index in [2.05, 4.69) is 13.0 Å². The van der Waals surface area contributed by atoms with E-state index in [-0.39, 0.29) is 0 Å². The highest BCUT2D eigenvalue weighted by molar-refractivity contribution is 8.13. The third kappa shape index (κ3) is 5.61. The molecule has 138 valence electrons. The lowest BCUT2D eigenvalue weighted by Crippen LogP contribution is -2.30. The second-order valence-electron chi connectivity index (χ2n) is 3.78. The fraction of sp³-hybridized carbons (Fsp3) is 0.444. The van der Waals surface area contributed by atoms with Crippen molar-refractivity contribution >= 4 is 31.4 Å². The lowest BCUT2D eigenvalue weighted by Gasteiger charge is -2.22. The Morgan fingerprint density at radius 2 is 1.42 bits per heavy atom. The molecule has 1 heterocycles. The van der Waals surface area contributed by atoms with Crippen LogP contribution in [0.4, 0.5) is 26.3 Å². The van der Waals surface area contributed by atoms with E-state index in [1.807, 2.05) is 12.4 Å². The summed E-state index contributed by atoms with van der Waals surface area (Å²) in [6.45, 7) is 4.08. The number of hydrogen-bond donors (Lipinski definition) is 0. The number of sulfonamides is 2. The number of terminal acetylenes is 1. The maximum atomic E-state index is 11.4. The number of alkyl halides is 6. The number of nitrogens with zero attached hydrogens (tertiary/aromatic N) is 2. The van der Waals surface area contributed by atoms with Crippen molar-refractivity contribution in [2.75, 3.05) is 0 Å². The molecule has 0 radical (unpaired) electrons. The first-order valence-corrected chi connectivity index (χ1v) is 9.02. The smallest absolute Gasteiger partial charge is 0.421 e. The maximum Gasteiger partial charge on any atom is 0.480 e. The Bertz CT molecular complexity index is 788. The average molecular weight is 418 g/mol. The van der Waals surface area contributed by atoms with Crippen molar-refractivity contribution in [1.29, 1.82) is 0 Å². The Morgan fingerprint density at radius 3 is 1.58 bits per heavy atom. The van der Waals surface area contributed by atoms with Gasteiger partial charge in [0.2, 0.25) is 17.2 Å². The molecular formula is C9H8F6N2O4S3. The molecule has 0 atom stereocenters. The van der Waals surface area contributed by atoms with E-state index in [1.54, 1.807) is 15.9 Å². The normalized spacial score (nSPS) is 13.0. The van der Waals surface area contributed by atoms with Crippen LogP contribution in [0.2, 0.25) is 0 Å². The molecule has 0 amide bonds. The molecule has 0 saturated heterocycles. The van der Waals surface area contributed by atoms with Crippen LogP contribution in [0.1, 0.15) is 10.6 Å². The Balaban J connectivity index is 0.000000496. The van der Waals surface area contributed by atoms with Crippen LogP contribution in [0.5, 0.6) is 0 Å². The lowest BCUT2D eigenvalue weighted by molar-refractivity contribution is -0.585.